The fraction of sp³-hybridized carbons (Fsp3) is 0.286. The predicted molar refractivity (Wildman–Crippen MR) is 108 cm³/mol. The van der Waals surface area contributed by atoms with Crippen molar-refractivity contribution in [2.24, 2.45) is 0 Å². The highest BCUT2D eigenvalue weighted by Gasteiger charge is 2.22. The standard InChI is InChI=1S/C21H19FN6O2/c22-15-2-3-17-16(11-15)21(30)26-18(25-17)4-6-20(29)28-9-7-27(8-10-28)19-5-1-14(12-23)13-24-19/h1-3,5,11,13H,4,6-10H2,(H,25,26,30). The summed E-state index contributed by atoms with van der Waals surface area (Å²) in [5.74, 6) is 0.695. The molecule has 152 valence electrons. The van der Waals surface area contributed by atoms with Gasteiger partial charge in [-0.3, -0.25) is 9.59 Å². The molecule has 0 aliphatic carbocycles. The second-order valence-corrected chi connectivity index (χ2v) is 7.06. The molecule has 1 amide bonds. The third-order valence-corrected chi connectivity index (χ3v) is 5.13. The number of carbonyl (C=O) groups excluding carboxylic acids is 1. The third-order valence-electron chi connectivity index (χ3n) is 5.13. The number of halogens is 1. The molecule has 0 saturated carbocycles. The Bertz CT molecular complexity index is 1180. The predicted octanol–water partition coefficient (Wildman–Crippen LogP) is 1.61. The minimum absolute atomic E-state index is 0.00992. The summed E-state index contributed by atoms with van der Waals surface area (Å²) in [6.45, 7) is 2.45. The van der Waals surface area contributed by atoms with Crippen molar-refractivity contribution in [1.29, 1.82) is 5.26 Å². The van der Waals surface area contributed by atoms with Crippen molar-refractivity contribution in [2.45, 2.75) is 12.8 Å². The average molecular weight is 406 g/mol. The Hall–Kier alpha value is -3.80. The lowest BCUT2D eigenvalue weighted by atomic mass is 10.2. The van der Waals surface area contributed by atoms with Crippen LogP contribution in [0.4, 0.5) is 10.2 Å². The molecule has 2 aromatic heterocycles. The Labute approximate surface area is 171 Å². The smallest absolute Gasteiger partial charge is 0.258 e. The highest BCUT2D eigenvalue weighted by atomic mass is 19.1. The van der Waals surface area contributed by atoms with Gasteiger partial charge in [0, 0.05) is 45.2 Å². The zero-order chi connectivity index (χ0) is 21.1. The second-order valence-electron chi connectivity index (χ2n) is 7.06. The highest BCUT2D eigenvalue weighted by Crippen LogP contribution is 2.15. The van der Waals surface area contributed by atoms with E-state index in [1.54, 1.807) is 17.2 Å². The molecule has 4 rings (SSSR count). The number of carbonyl (C=O) groups is 1. The van der Waals surface area contributed by atoms with Gasteiger partial charge in [-0.25, -0.2) is 14.4 Å². The van der Waals surface area contributed by atoms with Crippen LogP contribution in [0.2, 0.25) is 0 Å². The lowest BCUT2D eigenvalue weighted by Crippen LogP contribution is -2.49. The summed E-state index contributed by atoms with van der Waals surface area (Å²) in [6, 6.07) is 9.45. The first-order valence-corrected chi connectivity index (χ1v) is 9.61. The topological polar surface area (TPSA) is 106 Å². The number of piperazine rings is 1. The average Bonchev–Trinajstić information content (AvgIpc) is 2.78. The molecule has 1 fully saturated rings. The monoisotopic (exact) mass is 406 g/mol. The number of pyridine rings is 1. The quantitative estimate of drug-likeness (QED) is 0.706. The number of aromatic nitrogens is 3. The highest BCUT2D eigenvalue weighted by molar-refractivity contribution is 5.78. The van der Waals surface area contributed by atoms with Gasteiger partial charge in [-0.2, -0.15) is 5.26 Å². The molecule has 8 nitrogen and oxygen atoms in total. The van der Waals surface area contributed by atoms with Gasteiger partial charge >= 0.3 is 0 Å². The van der Waals surface area contributed by atoms with Crippen molar-refractivity contribution < 1.29 is 9.18 Å². The summed E-state index contributed by atoms with van der Waals surface area (Å²) >= 11 is 0. The van der Waals surface area contributed by atoms with E-state index in [4.69, 9.17) is 5.26 Å². The number of amides is 1. The molecule has 3 heterocycles. The number of nitrogens with zero attached hydrogens (tertiary/aromatic N) is 5. The van der Waals surface area contributed by atoms with Crippen LogP contribution >= 0.6 is 0 Å². The van der Waals surface area contributed by atoms with Crippen molar-refractivity contribution in [1.82, 2.24) is 19.9 Å². The summed E-state index contributed by atoms with van der Waals surface area (Å²) in [7, 11) is 0. The molecule has 0 unspecified atom stereocenters. The summed E-state index contributed by atoms with van der Waals surface area (Å²) < 4.78 is 13.3. The molecule has 9 heteroatoms. The maximum atomic E-state index is 13.3. The minimum atomic E-state index is -0.493. The third kappa shape index (κ3) is 4.12. The van der Waals surface area contributed by atoms with Crippen LogP contribution in [0.5, 0.6) is 0 Å². The molecule has 0 spiro atoms. The molecule has 30 heavy (non-hydrogen) atoms. The number of H-pyrrole nitrogens is 1. The van der Waals surface area contributed by atoms with E-state index in [2.05, 4.69) is 19.9 Å². The van der Waals surface area contributed by atoms with Gasteiger partial charge in [0.15, 0.2) is 0 Å². The normalized spacial score (nSPS) is 14.0. The van der Waals surface area contributed by atoms with Gasteiger partial charge in [0.05, 0.1) is 16.5 Å². The minimum Gasteiger partial charge on any atom is -0.353 e. The summed E-state index contributed by atoms with van der Waals surface area (Å²) in [4.78, 5) is 39.8. The van der Waals surface area contributed by atoms with E-state index in [-0.39, 0.29) is 17.7 Å². The van der Waals surface area contributed by atoms with Gasteiger partial charge in [0.1, 0.15) is 23.5 Å². The lowest BCUT2D eigenvalue weighted by Gasteiger charge is -2.35. The lowest BCUT2D eigenvalue weighted by molar-refractivity contribution is -0.131. The Morgan fingerprint density at radius 1 is 1.20 bits per heavy atom. The largest absolute Gasteiger partial charge is 0.353 e. The molecule has 1 saturated heterocycles. The summed E-state index contributed by atoms with van der Waals surface area (Å²) in [6.07, 6.45) is 2.07. The number of rotatable bonds is 4. The summed E-state index contributed by atoms with van der Waals surface area (Å²) in [5, 5.41) is 9.05. The van der Waals surface area contributed by atoms with Gasteiger partial charge in [-0.15, -0.1) is 0 Å². The Morgan fingerprint density at radius 2 is 2.00 bits per heavy atom. The first-order chi connectivity index (χ1) is 14.5. The zero-order valence-corrected chi connectivity index (χ0v) is 16.1. The van der Waals surface area contributed by atoms with E-state index < -0.39 is 11.4 Å². The van der Waals surface area contributed by atoms with Gasteiger partial charge in [0.25, 0.3) is 5.56 Å². The molecular formula is C21H19FN6O2. The number of aromatic amines is 1. The number of aryl methyl sites for hydroxylation is 1. The van der Waals surface area contributed by atoms with Gasteiger partial charge in [-0.05, 0) is 30.3 Å². The molecule has 1 N–H and O–H groups in total. The van der Waals surface area contributed by atoms with Crippen LogP contribution in [0, 0.1) is 17.1 Å². The molecule has 3 aromatic rings. The van der Waals surface area contributed by atoms with Crippen molar-refractivity contribution in [2.75, 3.05) is 31.1 Å². The molecule has 1 aromatic carbocycles. The van der Waals surface area contributed by atoms with Crippen LogP contribution in [-0.2, 0) is 11.2 Å². The zero-order valence-electron chi connectivity index (χ0n) is 16.1. The summed E-state index contributed by atoms with van der Waals surface area (Å²) in [5.41, 5.74) is 0.509. The molecule has 0 atom stereocenters. The van der Waals surface area contributed by atoms with E-state index in [9.17, 15) is 14.0 Å². The van der Waals surface area contributed by atoms with Crippen LogP contribution in [0.3, 0.4) is 0 Å². The Morgan fingerprint density at radius 3 is 2.70 bits per heavy atom. The molecular weight excluding hydrogens is 387 g/mol. The van der Waals surface area contributed by atoms with E-state index in [1.165, 1.54) is 12.1 Å². The van der Waals surface area contributed by atoms with Crippen LogP contribution in [0.25, 0.3) is 10.9 Å². The first kappa shape index (κ1) is 19.5. The molecule has 1 aliphatic heterocycles. The van der Waals surface area contributed by atoms with Gasteiger partial charge in [-0.1, -0.05) is 0 Å². The Kier molecular flexibility index (Phi) is 5.39. The first-order valence-electron chi connectivity index (χ1n) is 9.61. The second kappa shape index (κ2) is 8.29. The maximum Gasteiger partial charge on any atom is 0.258 e. The van der Waals surface area contributed by atoms with E-state index in [0.29, 0.717) is 49.5 Å². The number of hydrogen-bond donors (Lipinski definition) is 1. The number of anilines is 1. The molecule has 1 aliphatic rings. The fourth-order valence-corrected chi connectivity index (χ4v) is 3.49. The fourth-order valence-electron chi connectivity index (χ4n) is 3.49. The Balaban J connectivity index is 1.34. The SMILES string of the molecule is N#Cc1ccc(N2CCN(C(=O)CCc3nc4ccc(F)cc4c(=O)[nH]3)CC2)nc1. The number of benzene rings is 1. The van der Waals surface area contributed by atoms with E-state index in [1.807, 2.05) is 12.1 Å². The van der Waals surface area contributed by atoms with Crippen molar-refractivity contribution in [3.8, 4) is 6.07 Å². The number of nitriles is 1. The van der Waals surface area contributed by atoms with Crippen LogP contribution in [0.15, 0.2) is 41.3 Å². The maximum absolute atomic E-state index is 13.3. The van der Waals surface area contributed by atoms with E-state index in [0.717, 1.165) is 11.9 Å². The van der Waals surface area contributed by atoms with Crippen LogP contribution in [0.1, 0.15) is 17.8 Å². The van der Waals surface area contributed by atoms with Crippen molar-refractivity contribution in [3.05, 3.63) is 64.1 Å². The van der Waals surface area contributed by atoms with Gasteiger partial charge < -0.3 is 14.8 Å². The van der Waals surface area contributed by atoms with Crippen molar-refractivity contribution >= 4 is 22.6 Å². The molecule has 0 bridgehead atoms. The number of nitrogens with one attached hydrogen (secondary N) is 1. The van der Waals surface area contributed by atoms with Gasteiger partial charge in [0.2, 0.25) is 5.91 Å². The van der Waals surface area contributed by atoms with Crippen LogP contribution < -0.4 is 10.5 Å². The van der Waals surface area contributed by atoms with Crippen LogP contribution in [-0.4, -0.2) is 51.9 Å². The van der Waals surface area contributed by atoms with E-state index >= 15 is 0 Å². The number of fused-ring (bicyclic) bond motifs is 1. The number of hydrogen-bond acceptors (Lipinski definition) is 6. The molecule has 0 radical (unpaired) electrons. The van der Waals surface area contributed by atoms with Crippen molar-refractivity contribution in [3.63, 3.8) is 0 Å².